The third kappa shape index (κ3) is 4.01. The molecule has 0 radical (unpaired) electrons. The lowest BCUT2D eigenvalue weighted by Crippen LogP contribution is -2.41. The van der Waals surface area contributed by atoms with E-state index in [1.807, 2.05) is 27.0 Å². The molecule has 0 spiro atoms. The first-order valence-corrected chi connectivity index (χ1v) is 7.73. The van der Waals surface area contributed by atoms with Crippen molar-refractivity contribution in [1.29, 1.82) is 0 Å². The monoisotopic (exact) mass is 281 g/mol. The second kappa shape index (κ2) is 6.01. The average Bonchev–Trinajstić information content (AvgIpc) is 2.96. The van der Waals surface area contributed by atoms with E-state index in [-0.39, 0.29) is 11.4 Å². The summed E-state index contributed by atoms with van der Waals surface area (Å²) in [4.78, 5) is 17.6. The molecule has 19 heavy (non-hydrogen) atoms. The van der Waals surface area contributed by atoms with E-state index >= 15 is 0 Å². The molecule has 2 N–H and O–H groups in total. The predicted octanol–water partition coefficient (Wildman–Crippen LogP) is 2.19. The molecule has 0 saturated carbocycles. The van der Waals surface area contributed by atoms with Crippen LogP contribution in [0.3, 0.4) is 0 Å². The largest absolute Gasteiger partial charge is 0.345 e. The van der Waals surface area contributed by atoms with Gasteiger partial charge >= 0.3 is 0 Å². The Hall–Kier alpha value is -0.940. The van der Waals surface area contributed by atoms with Gasteiger partial charge in [-0.15, -0.1) is 11.3 Å². The van der Waals surface area contributed by atoms with Crippen molar-refractivity contribution in [2.75, 3.05) is 13.1 Å². The summed E-state index contributed by atoms with van der Waals surface area (Å²) in [5.74, 6) is 0.792. The Bertz CT molecular complexity index is 436. The fourth-order valence-electron chi connectivity index (χ4n) is 2.40. The third-order valence-corrected chi connectivity index (χ3v) is 4.79. The van der Waals surface area contributed by atoms with Crippen LogP contribution in [0.5, 0.6) is 0 Å². The van der Waals surface area contributed by atoms with Crippen LogP contribution in [0.15, 0.2) is 6.20 Å². The summed E-state index contributed by atoms with van der Waals surface area (Å²) in [5, 5.41) is 7.40. The molecule has 0 aromatic carbocycles. The van der Waals surface area contributed by atoms with Crippen LogP contribution in [-0.4, -0.2) is 24.0 Å². The molecule has 1 aromatic rings. The fraction of sp³-hybridized carbons (Fsp3) is 0.714. The molecule has 5 heteroatoms. The Balaban J connectivity index is 1.83. The third-order valence-electron chi connectivity index (χ3n) is 3.55. The first-order chi connectivity index (χ1) is 8.97. The standard InChI is InChI=1S/C14H23N3OS/c1-10-8-16-13(19-10)14(2,3)17-12(18)5-4-11-6-7-15-9-11/h8,11,15H,4-7,9H2,1-3H3,(H,17,18). The highest BCUT2D eigenvalue weighted by molar-refractivity contribution is 7.11. The van der Waals surface area contributed by atoms with Crippen LogP contribution in [0.4, 0.5) is 0 Å². The lowest BCUT2D eigenvalue weighted by atomic mass is 10.0. The molecule has 1 saturated heterocycles. The predicted molar refractivity (Wildman–Crippen MR) is 78.2 cm³/mol. The lowest BCUT2D eigenvalue weighted by Gasteiger charge is -2.24. The minimum Gasteiger partial charge on any atom is -0.345 e. The molecule has 1 fully saturated rings. The number of rotatable bonds is 5. The van der Waals surface area contributed by atoms with Crippen molar-refractivity contribution in [2.24, 2.45) is 5.92 Å². The average molecular weight is 281 g/mol. The molecule has 1 aliphatic rings. The highest BCUT2D eigenvalue weighted by Crippen LogP contribution is 2.25. The number of aromatic nitrogens is 1. The number of nitrogens with one attached hydrogen (secondary N) is 2. The molecule has 1 aliphatic heterocycles. The van der Waals surface area contributed by atoms with Crippen molar-refractivity contribution in [3.05, 3.63) is 16.1 Å². The minimum atomic E-state index is -0.371. The fourth-order valence-corrected chi connectivity index (χ4v) is 3.23. The van der Waals surface area contributed by atoms with Gasteiger partial charge in [0.15, 0.2) is 0 Å². The molecule has 1 unspecified atom stereocenters. The van der Waals surface area contributed by atoms with Gasteiger partial charge in [-0.25, -0.2) is 4.98 Å². The van der Waals surface area contributed by atoms with Crippen LogP contribution < -0.4 is 10.6 Å². The zero-order valence-electron chi connectivity index (χ0n) is 12.0. The molecule has 106 valence electrons. The molecular weight excluding hydrogens is 258 g/mol. The van der Waals surface area contributed by atoms with Gasteiger partial charge in [0.25, 0.3) is 0 Å². The summed E-state index contributed by atoms with van der Waals surface area (Å²) in [6.45, 7) is 8.21. The van der Waals surface area contributed by atoms with Crippen LogP contribution in [0.25, 0.3) is 0 Å². The van der Waals surface area contributed by atoms with Gasteiger partial charge in [-0.1, -0.05) is 0 Å². The van der Waals surface area contributed by atoms with Crippen LogP contribution >= 0.6 is 11.3 Å². The summed E-state index contributed by atoms with van der Waals surface area (Å²) in [6.07, 6.45) is 4.65. The smallest absolute Gasteiger partial charge is 0.220 e. The minimum absolute atomic E-state index is 0.129. The number of hydrogen-bond donors (Lipinski definition) is 2. The molecule has 0 bridgehead atoms. The number of amides is 1. The first-order valence-electron chi connectivity index (χ1n) is 6.92. The second-order valence-corrected chi connectivity index (χ2v) is 7.08. The quantitative estimate of drug-likeness (QED) is 0.870. The molecule has 0 aliphatic carbocycles. The Morgan fingerprint density at radius 2 is 2.42 bits per heavy atom. The zero-order valence-corrected chi connectivity index (χ0v) is 12.8. The summed E-state index contributed by atoms with van der Waals surface area (Å²) in [5.41, 5.74) is -0.371. The molecule has 1 atom stereocenters. The summed E-state index contributed by atoms with van der Waals surface area (Å²) in [7, 11) is 0. The highest BCUT2D eigenvalue weighted by atomic mass is 32.1. The first kappa shape index (κ1) is 14.5. The van der Waals surface area contributed by atoms with Crippen molar-refractivity contribution >= 4 is 17.2 Å². The Kier molecular flexibility index (Phi) is 4.58. The summed E-state index contributed by atoms with van der Waals surface area (Å²) >= 11 is 1.64. The maximum absolute atomic E-state index is 12.0. The van der Waals surface area contributed by atoms with Gasteiger partial charge in [0, 0.05) is 17.5 Å². The van der Waals surface area contributed by atoms with E-state index in [1.54, 1.807) is 11.3 Å². The Labute approximate surface area is 119 Å². The van der Waals surface area contributed by atoms with Crippen molar-refractivity contribution in [3.63, 3.8) is 0 Å². The number of nitrogens with zero attached hydrogens (tertiary/aromatic N) is 1. The Morgan fingerprint density at radius 3 is 3.00 bits per heavy atom. The number of thiazole rings is 1. The van der Waals surface area contributed by atoms with E-state index in [4.69, 9.17) is 0 Å². The van der Waals surface area contributed by atoms with Gasteiger partial charge in [0.05, 0.1) is 5.54 Å². The number of aryl methyl sites for hydroxylation is 1. The van der Waals surface area contributed by atoms with E-state index in [9.17, 15) is 4.79 Å². The lowest BCUT2D eigenvalue weighted by molar-refractivity contribution is -0.123. The van der Waals surface area contributed by atoms with Crippen LogP contribution in [0, 0.1) is 12.8 Å². The number of hydrogen-bond acceptors (Lipinski definition) is 4. The van der Waals surface area contributed by atoms with Crippen molar-refractivity contribution in [3.8, 4) is 0 Å². The van der Waals surface area contributed by atoms with Gasteiger partial charge in [0.1, 0.15) is 5.01 Å². The van der Waals surface area contributed by atoms with Crippen LogP contribution in [0.2, 0.25) is 0 Å². The topological polar surface area (TPSA) is 54.0 Å². The van der Waals surface area contributed by atoms with Gasteiger partial charge in [-0.2, -0.15) is 0 Å². The van der Waals surface area contributed by atoms with E-state index in [1.165, 1.54) is 11.3 Å². The van der Waals surface area contributed by atoms with Crippen LogP contribution in [0.1, 0.15) is 43.0 Å². The SMILES string of the molecule is Cc1cnc(C(C)(C)NC(=O)CCC2CCNC2)s1. The summed E-state index contributed by atoms with van der Waals surface area (Å²) in [6, 6.07) is 0. The van der Waals surface area contributed by atoms with E-state index in [0.717, 1.165) is 24.5 Å². The number of carbonyl (C=O) groups is 1. The van der Waals surface area contributed by atoms with E-state index in [0.29, 0.717) is 12.3 Å². The van der Waals surface area contributed by atoms with Gasteiger partial charge < -0.3 is 10.6 Å². The van der Waals surface area contributed by atoms with Gasteiger partial charge in [-0.05, 0) is 52.6 Å². The van der Waals surface area contributed by atoms with Crippen molar-refractivity contribution < 1.29 is 4.79 Å². The van der Waals surface area contributed by atoms with Crippen LogP contribution in [-0.2, 0) is 10.3 Å². The van der Waals surface area contributed by atoms with E-state index in [2.05, 4.69) is 15.6 Å². The summed E-state index contributed by atoms with van der Waals surface area (Å²) < 4.78 is 0. The molecule has 1 aromatic heterocycles. The molecule has 1 amide bonds. The van der Waals surface area contributed by atoms with Crippen molar-refractivity contribution in [1.82, 2.24) is 15.6 Å². The molecule has 4 nitrogen and oxygen atoms in total. The second-order valence-electron chi connectivity index (χ2n) is 5.85. The molecular formula is C14H23N3OS. The maximum atomic E-state index is 12.0. The normalized spacial score (nSPS) is 19.6. The highest BCUT2D eigenvalue weighted by Gasteiger charge is 2.26. The molecule has 2 rings (SSSR count). The van der Waals surface area contributed by atoms with Crippen molar-refractivity contribution in [2.45, 2.75) is 45.6 Å². The molecule has 2 heterocycles. The van der Waals surface area contributed by atoms with Gasteiger partial charge in [-0.3, -0.25) is 4.79 Å². The Morgan fingerprint density at radius 1 is 1.63 bits per heavy atom. The number of carbonyl (C=O) groups excluding carboxylic acids is 1. The zero-order chi connectivity index (χ0) is 13.9. The maximum Gasteiger partial charge on any atom is 0.220 e. The van der Waals surface area contributed by atoms with E-state index < -0.39 is 0 Å². The van der Waals surface area contributed by atoms with Gasteiger partial charge in [0.2, 0.25) is 5.91 Å².